The molecule has 2 fully saturated rings. The highest BCUT2D eigenvalue weighted by Crippen LogP contribution is 2.51. The van der Waals surface area contributed by atoms with E-state index in [4.69, 9.17) is 4.52 Å². The molecular formula is C33H28F5N5O2. The molecule has 0 bridgehead atoms. The van der Waals surface area contributed by atoms with Crippen LogP contribution in [0.1, 0.15) is 35.4 Å². The molecule has 1 aliphatic carbocycles. The van der Waals surface area contributed by atoms with Crippen LogP contribution < -0.4 is 10.3 Å². The van der Waals surface area contributed by atoms with E-state index >= 15 is 4.39 Å². The molecule has 7 rings (SSSR count). The zero-order valence-corrected chi connectivity index (χ0v) is 24.2. The van der Waals surface area contributed by atoms with Gasteiger partial charge in [-0.3, -0.25) is 4.79 Å². The summed E-state index contributed by atoms with van der Waals surface area (Å²) in [6, 6.07) is 13.7. The predicted octanol–water partition coefficient (Wildman–Crippen LogP) is 6.23. The number of aromatic nitrogens is 3. The van der Waals surface area contributed by atoms with Crippen LogP contribution in [0.2, 0.25) is 0 Å². The Kier molecular flexibility index (Phi) is 6.99. The first-order chi connectivity index (χ1) is 21.5. The second kappa shape index (κ2) is 10.8. The van der Waals surface area contributed by atoms with Gasteiger partial charge in [0.05, 0.1) is 34.3 Å². The van der Waals surface area contributed by atoms with Crippen LogP contribution in [-0.2, 0) is 18.1 Å². The number of hydrogen-bond donors (Lipinski definition) is 0. The summed E-state index contributed by atoms with van der Waals surface area (Å²) >= 11 is 0. The Hall–Kier alpha value is -4.58. The Morgan fingerprint density at radius 1 is 0.933 bits per heavy atom. The van der Waals surface area contributed by atoms with Gasteiger partial charge in [0.1, 0.15) is 11.6 Å². The minimum absolute atomic E-state index is 0.000432. The summed E-state index contributed by atoms with van der Waals surface area (Å²) in [4.78, 5) is 22.4. The topological polar surface area (TPSA) is 67.4 Å². The molecular weight excluding hydrogens is 593 g/mol. The molecule has 5 aromatic rings. The summed E-state index contributed by atoms with van der Waals surface area (Å²) in [5, 5.41) is 4.14. The summed E-state index contributed by atoms with van der Waals surface area (Å²) in [6.07, 6.45) is -1.48. The monoisotopic (exact) mass is 621 g/mol. The first-order valence-corrected chi connectivity index (χ1v) is 14.6. The fourth-order valence-corrected chi connectivity index (χ4v) is 6.11. The standard InChI is InChI=1S/C33H28F5N5O2/c1-41-12-14-42(15-13-41)28-18-27-24(17-26(28)35)30(44)25(31-39-29(45-40-31)16-20-2-8-23(34)9-3-20)19-43(27)32(10-11-32)21-4-6-22(7-5-21)33(36,37)38/h2-9,17-19H,10-16H2,1H3. The van der Waals surface area contributed by atoms with Gasteiger partial charge in [-0.15, -0.1) is 0 Å². The Balaban J connectivity index is 1.37. The summed E-state index contributed by atoms with van der Waals surface area (Å²) in [6.45, 7) is 2.70. The molecule has 0 unspecified atom stereocenters. The molecule has 1 aliphatic heterocycles. The van der Waals surface area contributed by atoms with Crippen LogP contribution >= 0.6 is 0 Å². The maximum Gasteiger partial charge on any atom is 0.416 e. The maximum absolute atomic E-state index is 15.7. The number of hydrogen-bond acceptors (Lipinski definition) is 6. The molecule has 0 atom stereocenters. The van der Waals surface area contributed by atoms with Crippen molar-refractivity contribution in [1.29, 1.82) is 0 Å². The van der Waals surface area contributed by atoms with Crippen LogP contribution in [0.4, 0.5) is 27.6 Å². The molecule has 12 heteroatoms. The molecule has 0 amide bonds. The largest absolute Gasteiger partial charge is 0.416 e. The summed E-state index contributed by atoms with van der Waals surface area (Å²) < 4.78 is 76.5. The Bertz CT molecular complexity index is 1940. The quantitative estimate of drug-likeness (QED) is 0.210. The van der Waals surface area contributed by atoms with E-state index in [1.165, 1.54) is 30.3 Å². The summed E-state index contributed by atoms with van der Waals surface area (Å²) in [5.74, 6) is -0.730. The zero-order chi connectivity index (χ0) is 31.5. The number of likely N-dealkylation sites (N-methyl/N-ethyl adjacent to an activating group) is 1. The number of benzene rings is 3. The van der Waals surface area contributed by atoms with Crippen LogP contribution in [-0.4, -0.2) is 52.8 Å². The number of rotatable bonds is 6. The molecule has 7 nitrogen and oxygen atoms in total. The molecule has 3 aromatic carbocycles. The van der Waals surface area contributed by atoms with Gasteiger partial charge in [-0.2, -0.15) is 18.2 Å². The van der Waals surface area contributed by atoms with E-state index in [0.29, 0.717) is 42.7 Å². The molecule has 0 N–H and O–H groups in total. The molecule has 45 heavy (non-hydrogen) atoms. The zero-order valence-electron chi connectivity index (χ0n) is 24.2. The normalized spacial score (nSPS) is 16.8. The van der Waals surface area contributed by atoms with Crippen LogP contribution in [0, 0.1) is 11.6 Å². The molecule has 232 valence electrons. The van der Waals surface area contributed by atoms with Crippen LogP contribution in [0.3, 0.4) is 0 Å². The van der Waals surface area contributed by atoms with Gasteiger partial charge in [0.15, 0.2) is 0 Å². The van der Waals surface area contributed by atoms with E-state index in [0.717, 1.165) is 30.8 Å². The van der Waals surface area contributed by atoms with Crippen molar-refractivity contribution in [2.24, 2.45) is 0 Å². The lowest BCUT2D eigenvalue weighted by molar-refractivity contribution is -0.137. The lowest BCUT2D eigenvalue weighted by Crippen LogP contribution is -2.44. The highest BCUT2D eigenvalue weighted by atomic mass is 19.4. The summed E-state index contributed by atoms with van der Waals surface area (Å²) in [5.41, 5.74) is 0.244. The van der Waals surface area contributed by atoms with E-state index in [1.54, 1.807) is 24.4 Å². The lowest BCUT2D eigenvalue weighted by Gasteiger charge is -2.34. The second-order valence-corrected chi connectivity index (χ2v) is 11.8. The first kappa shape index (κ1) is 29.1. The van der Waals surface area contributed by atoms with Crippen molar-refractivity contribution in [2.45, 2.75) is 31.0 Å². The SMILES string of the molecule is CN1CCN(c2cc3c(cc2F)c(=O)c(-c2noc(Cc4ccc(F)cc4)n2)cn3C2(c3ccc(C(F)(F)F)cc3)CC2)CC1. The van der Waals surface area contributed by atoms with E-state index in [9.17, 15) is 22.4 Å². The van der Waals surface area contributed by atoms with Crippen LogP contribution in [0.15, 0.2) is 76.2 Å². The molecule has 3 heterocycles. The highest BCUT2D eigenvalue weighted by molar-refractivity contribution is 5.87. The van der Waals surface area contributed by atoms with Crippen molar-refractivity contribution in [2.75, 3.05) is 38.1 Å². The van der Waals surface area contributed by atoms with Crippen molar-refractivity contribution >= 4 is 16.6 Å². The lowest BCUT2D eigenvalue weighted by atomic mass is 10.00. The van der Waals surface area contributed by atoms with E-state index in [2.05, 4.69) is 15.0 Å². The van der Waals surface area contributed by atoms with E-state index in [1.807, 2.05) is 16.5 Å². The van der Waals surface area contributed by atoms with Gasteiger partial charge in [-0.05, 0) is 67.4 Å². The van der Waals surface area contributed by atoms with E-state index in [-0.39, 0.29) is 34.9 Å². The van der Waals surface area contributed by atoms with Gasteiger partial charge in [0.2, 0.25) is 17.1 Å². The molecule has 2 aromatic heterocycles. The number of piperazine rings is 1. The predicted molar refractivity (Wildman–Crippen MR) is 158 cm³/mol. The van der Waals surface area contributed by atoms with Gasteiger partial charge >= 0.3 is 6.18 Å². The Labute approximate surface area is 254 Å². The van der Waals surface area contributed by atoms with Gasteiger partial charge in [-0.25, -0.2) is 8.78 Å². The van der Waals surface area contributed by atoms with Crippen molar-refractivity contribution in [1.82, 2.24) is 19.6 Å². The molecule has 1 saturated heterocycles. The molecule has 0 spiro atoms. The Morgan fingerprint density at radius 3 is 2.27 bits per heavy atom. The molecule has 2 aliphatic rings. The van der Waals surface area contributed by atoms with Crippen LogP contribution in [0.25, 0.3) is 22.3 Å². The number of halogens is 5. The number of alkyl halides is 3. The van der Waals surface area contributed by atoms with Crippen molar-refractivity contribution in [3.8, 4) is 11.4 Å². The number of fused-ring (bicyclic) bond motifs is 1. The second-order valence-electron chi connectivity index (χ2n) is 11.8. The Morgan fingerprint density at radius 2 is 1.62 bits per heavy atom. The third-order valence-electron chi connectivity index (χ3n) is 8.83. The summed E-state index contributed by atoms with van der Waals surface area (Å²) in [7, 11) is 2.00. The third-order valence-corrected chi connectivity index (χ3v) is 8.83. The van der Waals surface area contributed by atoms with Crippen molar-refractivity contribution < 1.29 is 26.5 Å². The fourth-order valence-electron chi connectivity index (χ4n) is 6.11. The minimum Gasteiger partial charge on any atom is -0.367 e. The van der Waals surface area contributed by atoms with Gasteiger partial charge in [-0.1, -0.05) is 29.4 Å². The number of nitrogens with zero attached hydrogens (tertiary/aromatic N) is 5. The third kappa shape index (κ3) is 5.37. The van der Waals surface area contributed by atoms with Gasteiger partial charge < -0.3 is 18.9 Å². The first-order valence-electron chi connectivity index (χ1n) is 14.6. The van der Waals surface area contributed by atoms with Crippen molar-refractivity contribution in [3.05, 3.63) is 111 Å². The average Bonchev–Trinajstić information content (AvgIpc) is 3.70. The average molecular weight is 622 g/mol. The minimum atomic E-state index is -4.48. The van der Waals surface area contributed by atoms with Gasteiger partial charge in [0, 0.05) is 37.8 Å². The maximum atomic E-state index is 15.7. The smallest absolute Gasteiger partial charge is 0.367 e. The highest BCUT2D eigenvalue weighted by Gasteiger charge is 2.47. The molecule has 0 radical (unpaired) electrons. The van der Waals surface area contributed by atoms with E-state index < -0.39 is 28.5 Å². The number of anilines is 1. The van der Waals surface area contributed by atoms with Crippen LogP contribution in [0.5, 0.6) is 0 Å². The fraction of sp³-hybridized carbons (Fsp3) is 0.303. The number of pyridine rings is 1. The molecule has 1 saturated carbocycles. The van der Waals surface area contributed by atoms with Gasteiger partial charge in [0.25, 0.3) is 0 Å². The van der Waals surface area contributed by atoms with Crippen molar-refractivity contribution in [3.63, 3.8) is 0 Å².